The monoisotopic (exact) mass is 361 g/mol. The second-order valence-corrected chi connectivity index (χ2v) is 5.92. The smallest absolute Gasteiger partial charge is 0.252 e. The van der Waals surface area contributed by atoms with Gasteiger partial charge in [-0.05, 0) is 23.8 Å². The third kappa shape index (κ3) is 3.58. The standard InChI is InChI=1S/C17H13Cl2N3O2/c1-10-21-22-17(24-10)15(11-5-3-2-4-6-11)20-16(23)12-7-8-13(18)14(19)9-12/h2-9,15H,1H3,(H,20,23). The molecule has 122 valence electrons. The van der Waals surface area contributed by atoms with Crippen LogP contribution in [0.25, 0.3) is 0 Å². The minimum Gasteiger partial charge on any atom is -0.423 e. The lowest BCUT2D eigenvalue weighted by Crippen LogP contribution is -2.29. The van der Waals surface area contributed by atoms with Crippen LogP contribution in [0.15, 0.2) is 52.9 Å². The van der Waals surface area contributed by atoms with Gasteiger partial charge in [0.15, 0.2) is 0 Å². The average molecular weight is 362 g/mol. The van der Waals surface area contributed by atoms with Gasteiger partial charge in [-0.3, -0.25) is 4.79 Å². The Labute approximate surface area is 148 Å². The molecule has 0 aliphatic rings. The molecule has 1 aromatic heterocycles. The molecule has 1 heterocycles. The zero-order chi connectivity index (χ0) is 17.1. The molecule has 1 atom stereocenters. The fraction of sp³-hybridized carbons (Fsp3) is 0.118. The SMILES string of the molecule is Cc1nnc(C(NC(=O)c2ccc(Cl)c(Cl)c2)c2ccccc2)o1. The van der Waals surface area contributed by atoms with Crippen molar-refractivity contribution < 1.29 is 9.21 Å². The van der Waals surface area contributed by atoms with Gasteiger partial charge in [-0.25, -0.2) is 0 Å². The topological polar surface area (TPSA) is 68.0 Å². The van der Waals surface area contributed by atoms with Crippen molar-refractivity contribution in [3.8, 4) is 0 Å². The number of carbonyl (C=O) groups excluding carboxylic acids is 1. The van der Waals surface area contributed by atoms with Gasteiger partial charge in [0.05, 0.1) is 10.0 Å². The highest BCUT2D eigenvalue weighted by Crippen LogP contribution is 2.24. The largest absolute Gasteiger partial charge is 0.423 e. The summed E-state index contributed by atoms with van der Waals surface area (Å²) in [6.07, 6.45) is 0. The lowest BCUT2D eigenvalue weighted by Gasteiger charge is -2.16. The molecule has 0 spiro atoms. The third-order valence-electron chi connectivity index (χ3n) is 3.38. The van der Waals surface area contributed by atoms with Gasteiger partial charge in [-0.1, -0.05) is 53.5 Å². The van der Waals surface area contributed by atoms with Gasteiger partial charge >= 0.3 is 0 Å². The summed E-state index contributed by atoms with van der Waals surface area (Å²) in [5.74, 6) is 0.417. The first-order valence-electron chi connectivity index (χ1n) is 7.15. The van der Waals surface area contributed by atoms with E-state index in [0.29, 0.717) is 27.4 Å². The van der Waals surface area contributed by atoms with Crippen LogP contribution in [-0.4, -0.2) is 16.1 Å². The van der Waals surface area contributed by atoms with E-state index in [0.717, 1.165) is 5.56 Å². The summed E-state index contributed by atoms with van der Waals surface area (Å²) < 4.78 is 5.50. The molecule has 24 heavy (non-hydrogen) atoms. The maximum atomic E-state index is 12.6. The highest BCUT2D eigenvalue weighted by atomic mass is 35.5. The Morgan fingerprint density at radius 1 is 1.08 bits per heavy atom. The first-order valence-corrected chi connectivity index (χ1v) is 7.91. The predicted octanol–water partition coefficient (Wildman–Crippen LogP) is 4.20. The number of aryl methyl sites for hydroxylation is 1. The van der Waals surface area contributed by atoms with E-state index in [2.05, 4.69) is 15.5 Å². The number of halogens is 2. The van der Waals surface area contributed by atoms with Crippen molar-refractivity contribution in [3.05, 3.63) is 81.5 Å². The van der Waals surface area contributed by atoms with Crippen LogP contribution in [0.4, 0.5) is 0 Å². The molecule has 2 aromatic carbocycles. The van der Waals surface area contributed by atoms with Crippen molar-refractivity contribution in [2.45, 2.75) is 13.0 Å². The number of nitrogens with one attached hydrogen (secondary N) is 1. The summed E-state index contributed by atoms with van der Waals surface area (Å²) in [5, 5.41) is 11.4. The lowest BCUT2D eigenvalue weighted by atomic mass is 10.1. The van der Waals surface area contributed by atoms with Crippen LogP contribution in [-0.2, 0) is 0 Å². The predicted molar refractivity (Wildman–Crippen MR) is 91.2 cm³/mol. The van der Waals surface area contributed by atoms with Gasteiger partial charge in [-0.2, -0.15) is 0 Å². The average Bonchev–Trinajstić information content (AvgIpc) is 3.02. The van der Waals surface area contributed by atoms with Gasteiger partial charge in [-0.15, -0.1) is 10.2 Å². The molecule has 0 saturated carbocycles. The second kappa shape index (κ2) is 7.03. The van der Waals surface area contributed by atoms with Crippen LogP contribution in [0.2, 0.25) is 10.0 Å². The molecule has 0 radical (unpaired) electrons. The zero-order valence-electron chi connectivity index (χ0n) is 12.7. The van der Waals surface area contributed by atoms with E-state index in [1.54, 1.807) is 19.1 Å². The number of rotatable bonds is 4. The molecule has 0 aliphatic heterocycles. The van der Waals surface area contributed by atoms with Gasteiger partial charge in [0.2, 0.25) is 11.8 Å². The van der Waals surface area contributed by atoms with Crippen LogP contribution in [0.3, 0.4) is 0 Å². The Morgan fingerprint density at radius 3 is 2.46 bits per heavy atom. The van der Waals surface area contributed by atoms with E-state index in [1.807, 2.05) is 30.3 Å². The van der Waals surface area contributed by atoms with Crippen molar-refractivity contribution >= 4 is 29.1 Å². The van der Waals surface area contributed by atoms with Gasteiger partial charge in [0.25, 0.3) is 5.91 Å². The first-order chi connectivity index (χ1) is 11.5. The van der Waals surface area contributed by atoms with Crippen LogP contribution in [0.1, 0.15) is 33.7 Å². The molecule has 0 fully saturated rings. The Bertz CT molecular complexity index is 865. The van der Waals surface area contributed by atoms with E-state index in [-0.39, 0.29) is 5.91 Å². The van der Waals surface area contributed by atoms with Crippen molar-refractivity contribution in [1.82, 2.24) is 15.5 Å². The molecular weight excluding hydrogens is 349 g/mol. The van der Waals surface area contributed by atoms with Crippen molar-refractivity contribution in [2.75, 3.05) is 0 Å². The molecule has 1 unspecified atom stereocenters. The highest BCUT2D eigenvalue weighted by molar-refractivity contribution is 6.42. The third-order valence-corrected chi connectivity index (χ3v) is 4.12. The number of nitrogens with zero attached hydrogens (tertiary/aromatic N) is 2. The second-order valence-electron chi connectivity index (χ2n) is 5.11. The molecule has 1 amide bonds. The number of amides is 1. The molecule has 7 heteroatoms. The minimum absolute atomic E-state index is 0.312. The van der Waals surface area contributed by atoms with Crippen molar-refractivity contribution in [2.24, 2.45) is 0 Å². The van der Waals surface area contributed by atoms with E-state index in [4.69, 9.17) is 27.6 Å². The number of benzene rings is 2. The van der Waals surface area contributed by atoms with Crippen molar-refractivity contribution in [1.29, 1.82) is 0 Å². The maximum Gasteiger partial charge on any atom is 0.252 e. The zero-order valence-corrected chi connectivity index (χ0v) is 14.2. The van der Waals surface area contributed by atoms with Crippen LogP contribution in [0, 0.1) is 6.92 Å². The van der Waals surface area contributed by atoms with Crippen LogP contribution >= 0.6 is 23.2 Å². The molecule has 1 N–H and O–H groups in total. The number of carbonyl (C=O) groups is 1. The maximum absolute atomic E-state index is 12.6. The minimum atomic E-state index is -0.561. The summed E-state index contributed by atoms with van der Waals surface area (Å²) in [5.41, 5.74) is 1.22. The summed E-state index contributed by atoms with van der Waals surface area (Å²) in [6, 6.07) is 13.5. The fourth-order valence-electron chi connectivity index (χ4n) is 2.21. The quantitative estimate of drug-likeness (QED) is 0.755. The number of aromatic nitrogens is 2. The van der Waals surface area contributed by atoms with E-state index >= 15 is 0 Å². The first kappa shape index (κ1) is 16.5. The molecule has 0 bridgehead atoms. The van der Waals surface area contributed by atoms with Crippen LogP contribution in [0.5, 0.6) is 0 Å². The Kier molecular flexibility index (Phi) is 4.83. The molecule has 0 aliphatic carbocycles. The fourth-order valence-corrected chi connectivity index (χ4v) is 2.51. The molecular formula is C17H13Cl2N3O2. The number of hydrogen-bond donors (Lipinski definition) is 1. The molecule has 3 rings (SSSR count). The number of hydrogen-bond acceptors (Lipinski definition) is 4. The van der Waals surface area contributed by atoms with Gasteiger partial charge in [0, 0.05) is 12.5 Å². The van der Waals surface area contributed by atoms with Gasteiger partial charge < -0.3 is 9.73 Å². The van der Waals surface area contributed by atoms with Gasteiger partial charge in [0.1, 0.15) is 6.04 Å². The van der Waals surface area contributed by atoms with Crippen LogP contribution < -0.4 is 5.32 Å². The van der Waals surface area contributed by atoms with E-state index in [1.165, 1.54) is 6.07 Å². The summed E-state index contributed by atoms with van der Waals surface area (Å²) in [4.78, 5) is 12.6. The normalized spacial score (nSPS) is 12.0. The lowest BCUT2D eigenvalue weighted by molar-refractivity contribution is 0.0937. The van der Waals surface area contributed by atoms with E-state index < -0.39 is 6.04 Å². The molecule has 3 aromatic rings. The Morgan fingerprint density at radius 2 is 1.83 bits per heavy atom. The molecule has 0 saturated heterocycles. The van der Waals surface area contributed by atoms with E-state index in [9.17, 15) is 4.79 Å². The molecule has 5 nitrogen and oxygen atoms in total. The summed E-state index contributed by atoms with van der Waals surface area (Å²) in [7, 11) is 0. The van der Waals surface area contributed by atoms with Crippen molar-refractivity contribution in [3.63, 3.8) is 0 Å². The Balaban J connectivity index is 1.91. The Hall–Kier alpha value is -2.37. The summed E-state index contributed by atoms with van der Waals surface area (Å²) >= 11 is 11.9. The highest BCUT2D eigenvalue weighted by Gasteiger charge is 2.23. The summed E-state index contributed by atoms with van der Waals surface area (Å²) in [6.45, 7) is 1.69.